The van der Waals surface area contributed by atoms with E-state index in [1.165, 1.54) is 5.56 Å². The zero-order chi connectivity index (χ0) is 24.3. The van der Waals surface area contributed by atoms with E-state index < -0.39 is 0 Å². The summed E-state index contributed by atoms with van der Waals surface area (Å²) in [5.41, 5.74) is 6.18. The fourth-order valence-corrected chi connectivity index (χ4v) is 4.10. The van der Waals surface area contributed by atoms with Crippen molar-refractivity contribution in [2.45, 2.75) is 47.1 Å². The number of ether oxygens (including phenoxy) is 1. The van der Waals surface area contributed by atoms with Crippen molar-refractivity contribution in [3.63, 3.8) is 0 Å². The van der Waals surface area contributed by atoms with Crippen LogP contribution in [0.3, 0.4) is 0 Å². The lowest BCUT2D eigenvalue weighted by Gasteiger charge is -2.31. The topological polar surface area (TPSA) is 79.4 Å². The van der Waals surface area contributed by atoms with Crippen molar-refractivity contribution in [1.29, 1.82) is 0 Å². The minimum Gasteiger partial charge on any atom is -0.497 e. The largest absolute Gasteiger partial charge is 0.497 e. The summed E-state index contributed by atoms with van der Waals surface area (Å²) in [6, 6.07) is 13.8. The minimum absolute atomic E-state index is 0.0385. The predicted molar refractivity (Wildman–Crippen MR) is 137 cm³/mol. The number of hydrogen-bond donors (Lipinski definition) is 2. The normalized spacial score (nSPS) is 13.3. The third-order valence-corrected chi connectivity index (χ3v) is 5.80. The summed E-state index contributed by atoms with van der Waals surface area (Å²) >= 11 is 0. The highest BCUT2D eigenvalue weighted by Gasteiger charge is 2.21. The van der Waals surface area contributed by atoms with Crippen LogP contribution in [0.25, 0.3) is 0 Å². The number of anilines is 4. The third kappa shape index (κ3) is 5.84. The van der Waals surface area contributed by atoms with Crippen molar-refractivity contribution in [2.24, 2.45) is 5.41 Å². The number of rotatable bonds is 6. The second-order valence-corrected chi connectivity index (χ2v) is 9.98. The molecule has 4 rings (SSSR count). The van der Waals surface area contributed by atoms with E-state index in [0.717, 1.165) is 53.6 Å². The number of carbonyl (C=O) groups is 1. The number of aromatic nitrogens is 2. The van der Waals surface area contributed by atoms with E-state index in [-0.39, 0.29) is 11.3 Å². The summed E-state index contributed by atoms with van der Waals surface area (Å²) in [5, 5.41) is 6.32. The van der Waals surface area contributed by atoms with Crippen LogP contribution in [-0.4, -0.2) is 29.5 Å². The Labute approximate surface area is 201 Å². The molecule has 2 heterocycles. The molecule has 178 valence electrons. The zero-order valence-corrected chi connectivity index (χ0v) is 20.6. The summed E-state index contributed by atoms with van der Waals surface area (Å²) in [5.74, 6) is 1.44. The number of nitrogens with zero attached hydrogens (tertiary/aromatic N) is 3. The maximum Gasteiger partial charge on any atom is 0.227 e. The lowest BCUT2D eigenvalue weighted by Crippen LogP contribution is -2.32. The molecule has 7 heteroatoms. The Morgan fingerprint density at radius 3 is 2.56 bits per heavy atom. The first kappa shape index (κ1) is 23.5. The molecule has 1 aliphatic heterocycles. The van der Waals surface area contributed by atoms with Crippen LogP contribution >= 0.6 is 0 Å². The van der Waals surface area contributed by atoms with Gasteiger partial charge >= 0.3 is 0 Å². The van der Waals surface area contributed by atoms with Gasteiger partial charge < -0.3 is 20.3 Å². The SMILES string of the molecule is COc1ccc(Nc2ncc3c(n2)CCN(c2cc(NC(=O)CC(C)(C)C)ccc2C)C3)cc1. The quantitative estimate of drug-likeness (QED) is 0.509. The highest BCUT2D eigenvalue weighted by atomic mass is 16.5. The Bertz CT molecular complexity index is 1170. The number of methoxy groups -OCH3 is 1. The summed E-state index contributed by atoms with van der Waals surface area (Å²) in [7, 11) is 1.65. The van der Waals surface area contributed by atoms with Crippen LogP contribution in [-0.2, 0) is 17.8 Å². The number of hydrogen-bond acceptors (Lipinski definition) is 6. The van der Waals surface area contributed by atoms with Gasteiger partial charge in [0, 0.05) is 54.8 Å². The molecule has 1 amide bonds. The zero-order valence-electron chi connectivity index (χ0n) is 20.6. The van der Waals surface area contributed by atoms with Gasteiger partial charge in [-0.1, -0.05) is 26.8 Å². The number of nitrogens with one attached hydrogen (secondary N) is 2. The number of amides is 1. The van der Waals surface area contributed by atoms with Gasteiger partial charge in [0.25, 0.3) is 0 Å². The Hall–Kier alpha value is -3.61. The Balaban J connectivity index is 1.46. The Kier molecular flexibility index (Phi) is 6.72. The average molecular weight is 460 g/mol. The number of aryl methyl sites for hydroxylation is 1. The van der Waals surface area contributed by atoms with E-state index in [2.05, 4.69) is 60.3 Å². The standard InChI is InChI=1S/C27H33N5O2/c1-18-6-7-21(29-25(33)15-27(2,3)4)14-24(18)32-13-12-23-19(17-32)16-28-26(31-23)30-20-8-10-22(34-5)11-9-20/h6-11,14,16H,12-13,15,17H2,1-5H3,(H,29,33)(H,28,30,31). The molecule has 7 nitrogen and oxygen atoms in total. The van der Waals surface area contributed by atoms with Crippen LogP contribution in [0.5, 0.6) is 5.75 Å². The molecule has 0 unspecified atom stereocenters. The maximum absolute atomic E-state index is 12.4. The van der Waals surface area contributed by atoms with Gasteiger partial charge in [-0.2, -0.15) is 0 Å². The van der Waals surface area contributed by atoms with E-state index in [1.54, 1.807) is 7.11 Å². The molecule has 34 heavy (non-hydrogen) atoms. The molecular formula is C27H33N5O2. The Morgan fingerprint density at radius 2 is 1.85 bits per heavy atom. The van der Waals surface area contributed by atoms with E-state index in [9.17, 15) is 4.79 Å². The molecule has 0 atom stereocenters. The number of carbonyl (C=O) groups excluding carboxylic acids is 1. The second-order valence-electron chi connectivity index (χ2n) is 9.98. The van der Waals surface area contributed by atoms with E-state index in [1.807, 2.05) is 36.5 Å². The van der Waals surface area contributed by atoms with Crippen LogP contribution in [0.2, 0.25) is 0 Å². The van der Waals surface area contributed by atoms with Gasteiger partial charge in [-0.3, -0.25) is 4.79 Å². The molecule has 1 aliphatic rings. The highest BCUT2D eigenvalue weighted by Crippen LogP contribution is 2.30. The van der Waals surface area contributed by atoms with Crippen LogP contribution in [0, 0.1) is 12.3 Å². The Morgan fingerprint density at radius 1 is 1.12 bits per heavy atom. The van der Waals surface area contributed by atoms with Crippen LogP contribution < -0.4 is 20.3 Å². The summed E-state index contributed by atoms with van der Waals surface area (Å²) < 4.78 is 5.21. The molecule has 3 aromatic rings. The molecule has 2 N–H and O–H groups in total. The van der Waals surface area contributed by atoms with E-state index in [4.69, 9.17) is 9.72 Å². The molecule has 0 radical (unpaired) electrons. The molecule has 1 aromatic heterocycles. The van der Waals surface area contributed by atoms with Crippen molar-refractivity contribution in [3.05, 3.63) is 65.5 Å². The van der Waals surface area contributed by atoms with Crippen molar-refractivity contribution in [1.82, 2.24) is 9.97 Å². The highest BCUT2D eigenvalue weighted by molar-refractivity contribution is 5.91. The van der Waals surface area contributed by atoms with Gasteiger partial charge in [0.1, 0.15) is 5.75 Å². The van der Waals surface area contributed by atoms with E-state index >= 15 is 0 Å². The molecule has 0 bridgehead atoms. The molecule has 0 aliphatic carbocycles. The van der Waals surface area contributed by atoms with Gasteiger partial charge in [0.05, 0.1) is 12.8 Å². The van der Waals surface area contributed by atoms with Gasteiger partial charge in [-0.05, 0) is 54.3 Å². The molecule has 0 saturated heterocycles. The minimum atomic E-state index is -0.0464. The fraction of sp³-hybridized carbons (Fsp3) is 0.370. The van der Waals surface area contributed by atoms with Crippen molar-refractivity contribution < 1.29 is 9.53 Å². The number of fused-ring (bicyclic) bond motifs is 1. The van der Waals surface area contributed by atoms with E-state index in [0.29, 0.717) is 12.4 Å². The molecule has 0 spiro atoms. The van der Waals surface area contributed by atoms with Crippen LogP contribution in [0.1, 0.15) is 44.0 Å². The van der Waals surface area contributed by atoms with Gasteiger partial charge in [-0.15, -0.1) is 0 Å². The molecule has 2 aromatic carbocycles. The first-order valence-electron chi connectivity index (χ1n) is 11.6. The van der Waals surface area contributed by atoms with Crippen molar-refractivity contribution in [2.75, 3.05) is 29.2 Å². The third-order valence-electron chi connectivity index (χ3n) is 5.80. The smallest absolute Gasteiger partial charge is 0.227 e. The molecule has 0 saturated carbocycles. The van der Waals surface area contributed by atoms with Gasteiger partial charge in [-0.25, -0.2) is 9.97 Å². The van der Waals surface area contributed by atoms with Crippen LogP contribution in [0.4, 0.5) is 23.0 Å². The number of benzene rings is 2. The lowest BCUT2D eigenvalue weighted by atomic mass is 9.92. The monoisotopic (exact) mass is 459 g/mol. The average Bonchev–Trinajstić information content (AvgIpc) is 2.79. The van der Waals surface area contributed by atoms with Gasteiger partial charge in [0.2, 0.25) is 11.9 Å². The second kappa shape index (κ2) is 9.71. The lowest BCUT2D eigenvalue weighted by molar-refractivity contribution is -0.117. The summed E-state index contributed by atoms with van der Waals surface area (Å²) in [6.45, 7) is 9.89. The molecule has 0 fully saturated rings. The maximum atomic E-state index is 12.4. The fourth-order valence-electron chi connectivity index (χ4n) is 4.10. The summed E-state index contributed by atoms with van der Waals surface area (Å²) in [4.78, 5) is 24.0. The predicted octanol–water partition coefficient (Wildman–Crippen LogP) is 5.47. The first-order valence-corrected chi connectivity index (χ1v) is 11.6. The van der Waals surface area contributed by atoms with Crippen molar-refractivity contribution in [3.8, 4) is 5.75 Å². The molecular weight excluding hydrogens is 426 g/mol. The first-order chi connectivity index (χ1) is 16.2. The van der Waals surface area contributed by atoms with Crippen molar-refractivity contribution >= 4 is 28.9 Å². The van der Waals surface area contributed by atoms with Gasteiger partial charge in [0.15, 0.2) is 0 Å². The summed E-state index contributed by atoms with van der Waals surface area (Å²) in [6.07, 6.45) is 3.22. The van der Waals surface area contributed by atoms with Crippen LogP contribution in [0.15, 0.2) is 48.7 Å².